The van der Waals surface area contributed by atoms with Crippen LogP contribution in [-0.4, -0.2) is 79.4 Å². The lowest BCUT2D eigenvalue weighted by Crippen LogP contribution is -2.52. The van der Waals surface area contributed by atoms with Crippen LogP contribution in [0.2, 0.25) is 0 Å². The number of nitrogens with zero attached hydrogens (tertiary/aromatic N) is 4. The second kappa shape index (κ2) is 9.87. The van der Waals surface area contributed by atoms with Crippen LogP contribution in [0.4, 0.5) is 0 Å². The van der Waals surface area contributed by atoms with Crippen molar-refractivity contribution in [3.05, 3.63) is 46.7 Å². The van der Waals surface area contributed by atoms with E-state index in [0.717, 1.165) is 11.1 Å². The Labute approximate surface area is 198 Å². The van der Waals surface area contributed by atoms with Crippen LogP contribution in [0.5, 0.6) is 5.88 Å². The Morgan fingerprint density at radius 2 is 2.03 bits per heavy atom. The first-order chi connectivity index (χ1) is 16.2. The molecule has 0 bridgehead atoms. The first-order valence-corrected chi connectivity index (χ1v) is 12.9. The van der Waals surface area contributed by atoms with E-state index in [9.17, 15) is 13.2 Å². The number of rotatable bonds is 8. The van der Waals surface area contributed by atoms with Crippen molar-refractivity contribution in [2.45, 2.75) is 19.5 Å². The van der Waals surface area contributed by atoms with E-state index in [4.69, 9.17) is 13.9 Å². The summed E-state index contributed by atoms with van der Waals surface area (Å²) in [7, 11) is 0.0998. The van der Waals surface area contributed by atoms with Crippen LogP contribution < -0.4 is 10.3 Å². The van der Waals surface area contributed by atoms with E-state index in [2.05, 4.69) is 9.88 Å². The van der Waals surface area contributed by atoms with Gasteiger partial charge < -0.3 is 18.5 Å². The number of sulfonamides is 1. The smallest absolute Gasteiger partial charge is 0.261 e. The van der Waals surface area contributed by atoms with E-state index in [-0.39, 0.29) is 11.6 Å². The molecule has 3 aromatic heterocycles. The lowest BCUT2D eigenvalue weighted by atomic mass is 10.1. The summed E-state index contributed by atoms with van der Waals surface area (Å²) in [6, 6.07) is 5.46. The highest BCUT2D eigenvalue weighted by Gasteiger charge is 2.29. The van der Waals surface area contributed by atoms with E-state index < -0.39 is 10.0 Å². The van der Waals surface area contributed by atoms with E-state index in [1.165, 1.54) is 15.1 Å². The average Bonchev–Trinajstić information content (AvgIpc) is 3.21. The van der Waals surface area contributed by atoms with Gasteiger partial charge in [0.15, 0.2) is 0 Å². The van der Waals surface area contributed by atoms with E-state index in [1.54, 1.807) is 32.6 Å². The van der Waals surface area contributed by atoms with Crippen molar-refractivity contribution >= 4 is 21.0 Å². The topological polar surface area (TPSA) is 107 Å². The molecule has 0 aliphatic carbocycles. The Morgan fingerprint density at radius 1 is 1.24 bits per heavy atom. The van der Waals surface area contributed by atoms with Gasteiger partial charge in [0, 0.05) is 63.9 Å². The summed E-state index contributed by atoms with van der Waals surface area (Å²) >= 11 is 0. The Balaban J connectivity index is 1.63. The average molecular weight is 491 g/mol. The number of aryl methyl sites for hydroxylation is 1. The molecule has 4 rings (SSSR count). The van der Waals surface area contributed by atoms with Crippen LogP contribution >= 0.6 is 0 Å². The summed E-state index contributed by atoms with van der Waals surface area (Å²) in [5, 5.41) is 0.496. The summed E-state index contributed by atoms with van der Waals surface area (Å²) in [5.41, 5.74) is 1.94. The van der Waals surface area contributed by atoms with Crippen molar-refractivity contribution in [3.8, 4) is 17.0 Å². The van der Waals surface area contributed by atoms with Crippen LogP contribution in [-0.2, 0) is 28.4 Å². The molecule has 1 saturated heterocycles. The van der Waals surface area contributed by atoms with Gasteiger partial charge in [0.25, 0.3) is 5.56 Å². The quantitative estimate of drug-likeness (QED) is 0.439. The lowest BCUT2D eigenvalue weighted by molar-refractivity contribution is 0.115. The zero-order chi connectivity index (χ0) is 24.5. The normalized spacial score (nSPS) is 17.9. The molecule has 1 aliphatic heterocycles. The van der Waals surface area contributed by atoms with Crippen molar-refractivity contribution in [1.82, 2.24) is 18.8 Å². The van der Waals surface area contributed by atoms with Gasteiger partial charge in [0.1, 0.15) is 18.0 Å². The lowest BCUT2D eigenvalue weighted by Gasteiger charge is -2.38. The third-order valence-electron chi connectivity index (χ3n) is 6.04. The van der Waals surface area contributed by atoms with Crippen LogP contribution in [0.1, 0.15) is 12.7 Å². The number of methoxy groups -OCH3 is 1. The van der Waals surface area contributed by atoms with Crippen LogP contribution in [0, 0.1) is 0 Å². The standard InChI is InChI=1S/C23H30N4O6S/c1-16-13-27(34(4,29)30)8-7-26(16)14-18-12-19-22(33-18)20(15-25(2)23(19)28)17-5-6-24-21(11-17)32-10-9-31-3/h5-6,11-12,15-16H,7-10,13-14H2,1-4H3. The molecule has 0 spiro atoms. The number of hydrogen-bond donors (Lipinski definition) is 0. The SMILES string of the molecule is COCCOc1cc(-c2cn(C)c(=O)c3cc(CN4CCN(S(C)(=O)=O)CC4C)oc23)ccn1. The van der Waals surface area contributed by atoms with E-state index >= 15 is 0 Å². The van der Waals surface area contributed by atoms with Gasteiger partial charge in [-0.2, -0.15) is 4.31 Å². The second-order valence-electron chi connectivity index (χ2n) is 8.58. The zero-order valence-corrected chi connectivity index (χ0v) is 20.7. The Bertz CT molecular complexity index is 1330. The molecule has 0 saturated carbocycles. The third kappa shape index (κ3) is 5.17. The van der Waals surface area contributed by atoms with Crippen molar-refractivity contribution in [3.63, 3.8) is 0 Å². The Kier molecular flexibility index (Phi) is 7.08. The van der Waals surface area contributed by atoms with Crippen molar-refractivity contribution in [2.75, 3.05) is 46.2 Å². The largest absolute Gasteiger partial charge is 0.475 e. The molecule has 0 N–H and O–H groups in total. The zero-order valence-electron chi connectivity index (χ0n) is 19.9. The van der Waals surface area contributed by atoms with Crippen LogP contribution in [0.15, 0.2) is 39.8 Å². The summed E-state index contributed by atoms with van der Waals surface area (Å²) < 4.78 is 43.7. The molecule has 3 aromatic rings. The number of hydrogen-bond acceptors (Lipinski definition) is 8. The predicted molar refractivity (Wildman–Crippen MR) is 128 cm³/mol. The molecule has 1 fully saturated rings. The first-order valence-electron chi connectivity index (χ1n) is 11.1. The maximum Gasteiger partial charge on any atom is 0.261 e. The number of fused-ring (bicyclic) bond motifs is 1. The molecule has 11 heteroatoms. The second-order valence-corrected chi connectivity index (χ2v) is 10.6. The maximum absolute atomic E-state index is 12.8. The molecule has 34 heavy (non-hydrogen) atoms. The van der Waals surface area contributed by atoms with E-state index in [0.29, 0.717) is 62.0 Å². The number of furan rings is 1. The van der Waals surface area contributed by atoms with Gasteiger partial charge in [-0.1, -0.05) is 0 Å². The third-order valence-corrected chi connectivity index (χ3v) is 7.31. The molecule has 1 aliphatic rings. The van der Waals surface area contributed by atoms with Crippen molar-refractivity contribution in [2.24, 2.45) is 7.05 Å². The fourth-order valence-electron chi connectivity index (χ4n) is 4.17. The summed E-state index contributed by atoms with van der Waals surface area (Å²) in [5.74, 6) is 1.12. The highest BCUT2D eigenvalue weighted by atomic mass is 32.2. The highest BCUT2D eigenvalue weighted by Crippen LogP contribution is 2.31. The molecule has 0 radical (unpaired) electrons. The molecule has 4 heterocycles. The maximum atomic E-state index is 12.8. The molecule has 1 atom stereocenters. The number of ether oxygens (including phenoxy) is 2. The first kappa shape index (κ1) is 24.4. The summed E-state index contributed by atoms with van der Waals surface area (Å²) in [6.07, 6.45) is 4.64. The molecule has 0 amide bonds. The van der Waals surface area contributed by atoms with Crippen molar-refractivity contribution < 1.29 is 22.3 Å². The van der Waals surface area contributed by atoms with Gasteiger partial charge in [0.2, 0.25) is 15.9 Å². The summed E-state index contributed by atoms with van der Waals surface area (Å²) in [6.45, 7) is 4.75. The Hall–Kier alpha value is -2.73. The van der Waals surface area contributed by atoms with Gasteiger partial charge in [-0.25, -0.2) is 13.4 Å². The minimum Gasteiger partial charge on any atom is -0.475 e. The van der Waals surface area contributed by atoms with Gasteiger partial charge >= 0.3 is 0 Å². The minimum absolute atomic E-state index is 0.0194. The molecular formula is C23H30N4O6S. The van der Waals surface area contributed by atoms with E-state index in [1.807, 2.05) is 19.1 Å². The van der Waals surface area contributed by atoms with Gasteiger partial charge in [0.05, 0.1) is 24.8 Å². The van der Waals surface area contributed by atoms with Gasteiger partial charge in [-0.15, -0.1) is 0 Å². The van der Waals surface area contributed by atoms with Gasteiger partial charge in [-0.05, 0) is 24.6 Å². The molecule has 0 aromatic carbocycles. The van der Waals surface area contributed by atoms with Crippen molar-refractivity contribution in [1.29, 1.82) is 0 Å². The molecule has 1 unspecified atom stereocenters. The number of aromatic nitrogens is 2. The minimum atomic E-state index is -3.22. The predicted octanol–water partition coefficient (Wildman–Crippen LogP) is 1.68. The van der Waals surface area contributed by atoms with Crippen LogP contribution in [0.3, 0.4) is 0 Å². The number of pyridine rings is 2. The van der Waals surface area contributed by atoms with Gasteiger partial charge in [-0.3, -0.25) is 9.69 Å². The number of piperazine rings is 1. The van der Waals surface area contributed by atoms with Crippen LogP contribution in [0.25, 0.3) is 22.1 Å². The molecular weight excluding hydrogens is 460 g/mol. The fourth-order valence-corrected chi connectivity index (χ4v) is 5.07. The fraction of sp³-hybridized carbons (Fsp3) is 0.478. The summed E-state index contributed by atoms with van der Waals surface area (Å²) in [4.78, 5) is 19.2. The molecule has 184 valence electrons. The highest BCUT2D eigenvalue weighted by molar-refractivity contribution is 7.88. The monoisotopic (exact) mass is 490 g/mol. The Morgan fingerprint density at radius 3 is 2.74 bits per heavy atom. The molecule has 10 nitrogen and oxygen atoms in total.